The minimum absolute atomic E-state index is 0.0862. The average molecular weight is 677 g/mol. The van der Waals surface area contributed by atoms with Crippen molar-refractivity contribution in [3.8, 4) is 22.8 Å². The number of ether oxygens (including phenoxy) is 2. The molecule has 13 heteroatoms. The summed E-state index contributed by atoms with van der Waals surface area (Å²) in [5.74, 6) is -1.49. The fourth-order valence-corrected chi connectivity index (χ4v) is 7.40. The van der Waals surface area contributed by atoms with Gasteiger partial charge in [-0.15, -0.1) is 11.3 Å². The predicted molar refractivity (Wildman–Crippen MR) is 174 cm³/mol. The molecule has 0 bridgehead atoms. The number of nitrogens with zero attached hydrogens (tertiary/aromatic N) is 4. The van der Waals surface area contributed by atoms with Gasteiger partial charge in [-0.25, -0.2) is 26.2 Å². The van der Waals surface area contributed by atoms with Gasteiger partial charge >= 0.3 is 5.97 Å². The lowest BCUT2D eigenvalue weighted by molar-refractivity contribution is -0.143. The first kappa shape index (κ1) is 32.1. The van der Waals surface area contributed by atoms with Crippen molar-refractivity contribution in [2.24, 2.45) is 0 Å². The van der Waals surface area contributed by atoms with E-state index in [9.17, 15) is 17.6 Å². The first-order valence-corrected chi connectivity index (χ1v) is 17.0. The van der Waals surface area contributed by atoms with Gasteiger partial charge in [-0.2, -0.15) is 5.10 Å². The summed E-state index contributed by atoms with van der Waals surface area (Å²) in [6, 6.07) is 14.9. The van der Waals surface area contributed by atoms with Crippen molar-refractivity contribution in [2.75, 3.05) is 6.61 Å². The van der Waals surface area contributed by atoms with Crippen LogP contribution in [0.3, 0.4) is 0 Å². The Bertz CT molecular complexity index is 2210. The molecule has 3 aromatic carbocycles. The Morgan fingerprint density at radius 3 is 2.53 bits per heavy atom. The number of hydrogen-bond acceptors (Lipinski definition) is 8. The number of halogens is 2. The maximum Gasteiger partial charge on any atom is 0.306 e. The number of rotatable bonds is 11. The molecule has 6 aromatic rings. The van der Waals surface area contributed by atoms with E-state index in [2.05, 4.69) is 10.1 Å². The third kappa shape index (κ3) is 6.67. The van der Waals surface area contributed by atoms with Gasteiger partial charge in [0.2, 0.25) is 0 Å². The molecule has 9 nitrogen and oxygen atoms in total. The number of hydrogen-bond donors (Lipinski definition) is 0. The summed E-state index contributed by atoms with van der Waals surface area (Å²) in [7, 11) is -3.97. The van der Waals surface area contributed by atoms with Gasteiger partial charge < -0.3 is 9.47 Å². The van der Waals surface area contributed by atoms with E-state index in [0.29, 0.717) is 36.2 Å². The fourth-order valence-electron chi connectivity index (χ4n) is 5.14. The number of esters is 1. The van der Waals surface area contributed by atoms with Crippen LogP contribution >= 0.6 is 11.3 Å². The zero-order chi connectivity index (χ0) is 33.3. The van der Waals surface area contributed by atoms with Gasteiger partial charge in [-0.3, -0.25) is 9.48 Å². The minimum atomic E-state index is -3.97. The predicted octanol–water partition coefficient (Wildman–Crippen LogP) is 7.43. The Kier molecular flexibility index (Phi) is 8.93. The van der Waals surface area contributed by atoms with Crippen molar-refractivity contribution in [2.45, 2.75) is 45.1 Å². The fraction of sp³-hybridized carbons (Fsp3) is 0.206. The Labute approximate surface area is 274 Å². The van der Waals surface area contributed by atoms with E-state index in [1.54, 1.807) is 55.2 Å². The van der Waals surface area contributed by atoms with E-state index >= 15 is 4.39 Å². The summed E-state index contributed by atoms with van der Waals surface area (Å²) in [6.07, 6.45) is 5.56. The van der Waals surface area contributed by atoms with Crippen LogP contribution in [0.1, 0.15) is 34.4 Å². The smallest absolute Gasteiger partial charge is 0.306 e. The van der Waals surface area contributed by atoms with Crippen LogP contribution < -0.4 is 4.74 Å². The number of aromatic nitrogens is 4. The monoisotopic (exact) mass is 676 g/mol. The first-order chi connectivity index (χ1) is 22.5. The van der Waals surface area contributed by atoms with E-state index in [1.165, 1.54) is 47.9 Å². The van der Waals surface area contributed by atoms with Crippen molar-refractivity contribution in [1.29, 1.82) is 0 Å². The van der Waals surface area contributed by atoms with Crippen molar-refractivity contribution >= 4 is 38.2 Å². The molecule has 0 aliphatic heterocycles. The standard InChI is InChI=1S/C34H30F2N4O5S2/c1-4-44-33(41)12-11-32-37-19-24(46-32)20-39-15-14-30(38-39)27-17-23(7-10-28(27)35)45-34-22(3)26-13-16-40(31(26)18-29(34)36)47(42,43)25-8-5-21(2)6-9-25/h5-10,13-19H,4,11-12,20H2,1-3H3. The average Bonchev–Trinajstić information content (AvgIpc) is 3.80. The number of benzene rings is 3. The van der Waals surface area contributed by atoms with Crippen LogP contribution in [0.5, 0.6) is 11.5 Å². The maximum atomic E-state index is 15.6. The highest BCUT2D eigenvalue weighted by Gasteiger charge is 2.23. The molecule has 3 heterocycles. The SMILES string of the molecule is CCOC(=O)CCc1ncc(Cn2ccc(-c3cc(Oc4c(F)cc5c(ccn5S(=O)(=O)c5ccc(C)cc5)c4C)ccc3F)n2)s1. The number of carbonyl (C=O) groups excluding carboxylic acids is 1. The molecular weight excluding hydrogens is 647 g/mol. The van der Waals surface area contributed by atoms with Crippen molar-refractivity contribution in [3.05, 3.63) is 112 Å². The van der Waals surface area contributed by atoms with E-state index in [-0.39, 0.29) is 39.9 Å². The van der Waals surface area contributed by atoms with Gasteiger partial charge in [0.1, 0.15) is 11.6 Å². The second-order valence-corrected chi connectivity index (χ2v) is 13.9. The minimum Gasteiger partial charge on any atom is -0.466 e. The highest BCUT2D eigenvalue weighted by molar-refractivity contribution is 7.90. The third-order valence-corrected chi connectivity index (χ3v) is 10.3. The summed E-state index contributed by atoms with van der Waals surface area (Å²) in [5.41, 5.74) is 1.99. The van der Waals surface area contributed by atoms with Crippen LogP contribution in [0.2, 0.25) is 0 Å². The second-order valence-electron chi connectivity index (χ2n) is 10.8. The van der Waals surface area contributed by atoms with Crippen molar-refractivity contribution in [1.82, 2.24) is 18.7 Å². The van der Waals surface area contributed by atoms with Gasteiger partial charge in [0.05, 0.1) is 40.7 Å². The number of aryl methyl sites for hydroxylation is 3. The molecule has 0 N–H and O–H groups in total. The molecule has 0 saturated carbocycles. The van der Waals surface area contributed by atoms with Crippen LogP contribution in [0.15, 0.2) is 84.1 Å². The Balaban J connectivity index is 1.21. The molecule has 0 aliphatic rings. The third-order valence-electron chi connectivity index (χ3n) is 7.53. The molecule has 0 atom stereocenters. The molecule has 0 aliphatic carbocycles. The van der Waals surface area contributed by atoms with E-state index in [4.69, 9.17) is 9.47 Å². The zero-order valence-electron chi connectivity index (χ0n) is 25.7. The molecule has 0 radical (unpaired) electrons. The first-order valence-electron chi connectivity index (χ1n) is 14.8. The molecule has 0 saturated heterocycles. The lowest BCUT2D eigenvalue weighted by Gasteiger charge is -2.13. The molecule has 0 fully saturated rings. The van der Waals surface area contributed by atoms with Crippen LogP contribution in [-0.2, 0) is 32.5 Å². The van der Waals surface area contributed by atoms with Gasteiger partial charge in [-0.1, -0.05) is 17.7 Å². The molecule has 0 amide bonds. The molecule has 0 unspecified atom stereocenters. The number of thiazole rings is 1. The number of fused-ring (bicyclic) bond motifs is 1. The van der Waals surface area contributed by atoms with Gasteiger partial charge in [0.15, 0.2) is 11.6 Å². The van der Waals surface area contributed by atoms with E-state index < -0.39 is 21.7 Å². The second kappa shape index (κ2) is 13.1. The molecular formula is C34H30F2N4O5S2. The maximum absolute atomic E-state index is 15.6. The Morgan fingerprint density at radius 2 is 1.77 bits per heavy atom. The van der Waals surface area contributed by atoms with E-state index in [0.717, 1.165) is 25.5 Å². The Hall–Kier alpha value is -4.88. The van der Waals surface area contributed by atoms with E-state index in [1.807, 2.05) is 6.92 Å². The Morgan fingerprint density at radius 1 is 0.979 bits per heavy atom. The lowest BCUT2D eigenvalue weighted by Crippen LogP contribution is -2.12. The van der Waals surface area contributed by atoms with Crippen LogP contribution in [0.4, 0.5) is 8.78 Å². The highest BCUT2D eigenvalue weighted by atomic mass is 32.2. The zero-order valence-corrected chi connectivity index (χ0v) is 27.4. The molecule has 0 spiro atoms. The van der Waals surface area contributed by atoms with Crippen LogP contribution in [-0.4, -0.2) is 39.7 Å². The van der Waals surface area contributed by atoms with Crippen molar-refractivity contribution in [3.63, 3.8) is 0 Å². The summed E-state index contributed by atoms with van der Waals surface area (Å²) in [5, 5.41) is 5.81. The largest absolute Gasteiger partial charge is 0.466 e. The number of carbonyl (C=O) groups is 1. The molecule has 3 aromatic heterocycles. The summed E-state index contributed by atoms with van der Waals surface area (Å²) in [6.45, 7) is 5.99. The summed E-state index contributed by atoms with van der Waals surface area (Å²) < 4.78 is 70.9. The van der Waals surface area contributed by atoms with Crippen molar-refractivity contribution < 1.29 is 31.5 Å². The highest BCUT2D eigenvalue weighted by Crippen LogP contribution is 2.37. The lowest BCUT2D eigenvalue weighted by atomic mass is 10.1. The van der Waals surface area contributed by atoms with Gasteiger partial charge in [-0.05, 0) is 63.2 Å². The van der Waals surface area contributed by atoms with Crippen LogP contribution in [0.25, 0.3) is 22.2 Å². The topological polar surface area (TPSA) is 105 Å². The summed E-state index contributed by atoms with van der Waals surface area (Å²) in [4.78, 5) is 17.0. The van der Waals surface area contributed by atoms with Gasteiger partial charge in [0.25, 0.3) is 10.0 Å². The quantitative estimate of drug-likeness (QED) is 0.132. The normalized spacial score (nSPS) is 11.7. The van der Waals surface area contributed by atoms with Gasteiger partial charge in [0, 0.05) is 52.5 Å². The van der Waals surface area contributed by atoms with Crippen LogP contribution in [0, 0.1) is 25.5 Å². The molecule has 6 rings (SSSR count). The molecule has 47 heavy (non-hydrogen) atoms. The summed E-state index contributed by atoms with van der Waals surface area (Å²) >= 11 is 1.46. The molecule has 242 valence electrons.